The fourth-order valence-electron chi connectivity index (χ4n) is 3.04. The zero-order chi connectivity index (χ0) is 21.5. The third-order valence-electron chi connectivity index (χ3n) is 4.76. The molecule has 154 valence electrons. The Balaban J connectivity index is 1.66. The van der Waals surface area contributed by atoms with E-state index in [-0.39, 0.29) is 12.5 Å². The largest absolute Gasteiger partial charge is 0.489 e. The molecule has 1 N–H and O–H groups in total. The highest BCUT2D eigenvalue weighted by Crippen LogP contribution is 2.20. The molecule has 0 bridgehead atoms. The number of rotatable bonds is 7. The third-order valence-corrected chi connectivity index (χ3v) is 4.76. The van der Waals surface area contributed by atoms with E-state index in [1.54, 1.807) is 25.1 Å². The van der Waals surface area contributed by atoms with Gasteiger partial charge in [0.15, 0.2) is 6.10 Å². The quantitative estimate of drug-likeness (QED) is 0.560. The van der Waals surface area contributed by atoms with Crippen LogP contribution in [0.4, 0.5) is 5.69 Å². The van der Waals surface area contributed by atoms with Crippen molar-refractivity contribution in [2.24, 2.45) is 0 Å². The molecule has 0 aliphatic heterocycles. The van der Waals surface area contributed by atoms with E-state index in [4.69, 9.17) is 9.47 Å². The van der Waals surface area contributed by atoms with E-state index >= 15 is 0 Å². The SMILES string of the molecule is Cc1cccc(C)c1NC(=O)[C@@H](C)OC(=O)c1ccccc1COc1ccccc1. The van der Waals surface area contributed by atoms with Crippen LogP contribution in [0, 0.1) is 13.8 Å². The maximum Gasteiger partial charge on any atom is 0.339 e. The van der Waals surface area contributed by atoms with Crippen LogP contribution in [0.2, 0.25) is 0 Å². The molecule has 0 fully saturated rings. The van der Waals surface area contributed by atoms with Gasteiger partial charge in [0.25, 0.3) is 5.91 Å². The molecule has 0 unspecified atom stereocenters. The lowest BCUT2D eigenvalue weighted by Gasteiger charge is -2.17. The molecule has 5 nitrogen and oxygen atoms in total. The van der Waals surface area contributed by atoms with Crippen LogP contribution in [-0.4, -0.2) is 18.0 Å². The second kappa shape index (κ2) is 9.74. The average molecular weight is 403 g/mol. The Kier molecular flexibility index (Phi) is 6.86. The number of hydrogen-bond donors (Lipinski definition) is 1. The summed E-state index contributed by atoms with van der Waals surface area (Å²) in [5, 5.41) is 2.86. The van der Waals surface area contributed by atoms with Gasteiger partial charge in [-0.25, -0.2) is 4.79 Å². The minimum Gasteiger partial charge on any atom is -0.489 e. The molecule has 0 aliphatic rings. The van der Waals surface area contributed by atoms with Crippen LogP contribution in [-0.2, 0) is 16.1 Å². The van der Waals surface area contributed by atoms with E-state index in [0.29, 0.717) is 16.9 Å². The van der Waals surface area contributed by atoms with Gasteiger partial charge in [0.1, 0.15) is 12.4 Å². The molecule has 0 heterocycles. The normalized spacial score (nSPS) is 11.4. The standard InChI is InChI=1S/C25H25NO4/c1-17-10-9-11-18(2)23(17)26-24(27)19(3)30-25(28)22-15-8-7-12-20(22)16-29-21-13-5-4-6-14-21/h4-15,19H,16H2,1-3H3,(H,26,27)/t19-/m1/s1. The number of anilines is 1. The number of nitrogens with one attached hydrogen (secondary N) is 1. The Bertz CT molecular complexity index is 1010. The van der Waals surface area contributed by atoms with Crippen LogP contribution in [0.15, 0.2) is 72.8 Å². The second-order valence-corrected chi connectivity index (χ2v) is 7.06. The van der Waals surface area contributed by atoms with Crippen LogP contribution >= 0.6 is 0 Å². The molecule has 30 heavy (non-hydrogen) atoms. The van der Waals surface area contributed by atoms with Crippen molar-refractivity contribution < 1.29 is 19.1 Å². The number of ether oxygens (including phenoxy) is 2. The highest BCUT2D eigenvalue weighted by Gasteiger charge is 2.21. The molecular weight excluding hydrogens is 378 g/mol. The molecule has 3 rings (SSSR count). The van der Waals surface area contributed by atoms with Gasteiger partial charge in [0.05, 0.1) is 5.56 Å². The topological polar surface area (TPSA) is 64.6 Å². The van der Waals surface area contributed by atoms with Crippen molar-refractivity contribution in [3.63, 3.8) is 0 Å². The Hall–Kier alpha value is -3.60. The first-order chi connectivity index (χ1) is 14.5. The molecule has 0 spiro atoms. The average Bonchev–Trinajstić information content (AvgIpc) is 2.75. The summed E-state index contributed by atoms with van der Waals surface area (Å²) in [6.07, 6.45) is -0.945. The zero-order valence-corrected chi connectivity index (χ0v) is 17.3. The Morgan fingerprint density at radius 1 is 0.867 bits per heavy atom. The maximum absolute atomic E-state index is 12.7. The van der Waals surface area contributed by atoms with Crippen LogP contribution in [0.1, 0.15) is 34.0 Å². The summed E-state index contributed by atoms with van der Waals surface area (Å²) in [6.45, 7) is 5.62. The molecule has 0 aromatic heterocycles. The van der Waals surface area contributed by atoms with Gasteiger partial charge < -0.3 is 14.8 Å². The number of amides is 1. The summed E-state index contributed by atoms with van der Waals surface area (Å²) in [4.78, 5) is 25.3. The van der Waals surface area contributed by atoms with Crippen molar-refractivity contribution >= 4 is 17.6 Å². The molecular formula is C25H25NO4. The van der Waals surface area contributed by atoms with Gasteiger partial charge in [0.2, 0.25) is 0 Å². The number of hydrogen-bond acceptors (Lipinski definition) is 4. The predicted octanol–water partition coefficient (Wildman–Crippen LogP) is 5.07. The Morgan fingerprint density at radius 2 is 1.50 bits per heavy atom. The number of carbonyl (C=O) groups excluding carboxylic acids is 2. The van der Waals surface area contributed by atoms with E-state index in [0.717, 1.165) is 16.8 Å². The second-order valence-electron chi connectivity index (χ2n) is 7.06. The van der Waals surface area contributed by atoms with Crippen LogP contribution < -0.4 is 10.1 Å². The molecule has 1 amide bonds. The van der Waals surface area contributed by atoms with Crippen LogP contribution in [0.25, 0.3) is 0 Å². The summed E-state index contributed by atoms with van der Waals surface area (Å²) < 4.78 is 11.2. The minimum absolute atomic E-state index is 0.221. The molecule has 1 atom stereocenters. The van der Waals surface area contributed by atoms with E-state index in [1.807, 2.05) is 68.4 Å². The molecule has 0 radical (unpaired) electrons. The summed E-state index contributed by atoms with van der Waals surface area (Å²) in [5.74, 6) is -0.229. The molecule has 5 heteroatoms. The number of aryl methyl sites for hydroxylation is 2. The Labute approximate surface area is 176 Å². The smallest absolute Gasteiger partial charge is 0.339 e. The van der Waals surface area contributed by atoms with Crippen molar-refractivity contribution in [1.82, 2.24) is 0 Å². The molecule has 0 saturated carbocycles. The van der Waals surface area contributed by atoms with Crippen molar-refractivity contribution in [3.8, 4) is 5.75 Å². The summed E-state index contributed by atoms with van der Waals surface area (Å²) in [7, 11) is 0. The minimum atomic E-state index is -0.945. The van der Waals surface area contributed by atoms with Gasteiger partial charge in [0, 0.05) is 11.3 Å². The molecule has 3 aromatic rings. The van der Waals surface area contributed by atoms with Crippen LogP contribution in [0.5, 0.6) is 5.75 Å². The Morgan fingerprint density at radius 3 is 2.20 bits per heavy atom. The number of benzene rings is 3. The van der Waals surface area contributed by atoms with Gasteiger partial charge in [-0.15, -0.1) is 0 Å². The first-order valence-electron chi connectivity index (χ1n) is 9.79. The van der Waals surface area contributed by atoms with Crippen molar-refractivity contribution in [2.45, 2.75) is 33.5 Å². The van der Waals surface area contributed by atoms with Gasteiger partial charge in [-0.3, -0.25) is 4.79 Å². The molecule has 3 aromatic carbocycles. The lowest BCUT2D eigenvalue weighted by molar-refractivity contribution is -0.123. The predicted molar refractivity (Wildman–Crippen MR) is 117 cm³/mol. The monoisotopic (exact) mass is 403 g/mol. The zero-order valence-electron chi connectivity index (χ0n) is 17.3. The molecule has 0 aliphatic carbocycles. The van der Waals surface area contributed by atoms with E-state index < -0.39 is 12.1 Å². The molecule has 0 saturated heterocycles. The fourth-order valence-corrected chi connectivity index (χ4v) is 3.04. The fraction of sp³-hybridized carbons (Fsp3) is 0.200. The first kappa shape index (κ1) is 21.1. The lowest BCUT2D eigenvalue weighted by Crippen LogP contribution is -2.30. The van der Waals surface area contributed by atoms with E-state index in [9.17, 15) is 9.59 Å². The van der Waals surface area contributed by atoms with E-state index in [2.05, 4.69) is 5.32 Å². The maximum atomic E-state index is 12.7. The number of esters is 1. The summed E-state index contributed by atoms with van der Waals surface area (Å²) >= 11 is 0. The van der Waals surface area contributed by atoms with Crippen molar-refractivity contribution in [2.75, 3.05) is 5.32 Å². The number of para-hydroxylation sites is 2. The van der Waals surface area contributed by atoms with Crippen molar-refractivity contribution in [1.29, 1.82) is 0 Å². The first-order valence-corrected chi connectivity index (χ1v) is 9.79. The lowest BCUT2D eigenvalue weighted by atomic mass is 10.1. The summed E-state index contributed by atoms with van der Waals surface area (Å²) in [5.41, 5.74) is 3.70. The third kappa shape index (κ3) is 5.26. The number of carbonyl (C=O) groups is 2. The highest BCUT2D eigenvalue weighted by molar-refractivity contribution is 5.98. The van der Waals surface area contributed by atoms with Crippen molar-refractivity contribution in [3.05, 3.63) is 95.1 Å². The van der Waals surface area contributed by atoms with E-state index in [1.165, 1.54) is 0 Å². The summed E-state index contributed by atoms with van der Waals surface area (Å²) in [6, 6.07) is 22.2. The van der Waals surface area contributed by atoms with Gasteiger partial charge in [-0.2, -0.15) is 0 Å². The van der Waals surface area contributed by atoms with Gasteiger partial charge in [-0.05, 0) is 50.1 Å². The van der Waals surface area contributed by atoms with Gasteiger partial charge >= 0.3 is 5.97 Å². The van der Waals surface area contributed by atoms with Gasteiger partial charge in [-0.1, -0.05) is 54.6 Å². The highest BCUT2D eigenvalue weighted by atomic mass is 16.5. The van der Waals surface area contributed by atoms with Crippen LogP contribution in [0.3, 0.4) is 0 Å².